The molecule has 0 aliphatic carbocycles. The molecular formula is C8H7Br2N3S. The third-order valence-electron chi connectivity index (χ3n) is 1.82. The molecule has 2 aromatic heterocycles. The summed E-state index contributed by atoms with van der Waals surface area (Å²) in [5.74, 6) is 0.658. The van der Waals surface area contributed by atoms with Gasteiger partial charge in [-0.05, 0) is 43.3 Å². The van der Waals surface area contributed by atoms with Crippen molar-refractivity contribution < 1.29 is 0 Å². The maximum atomic E-state index is 5.81. The number of hydrogen-bond donors (Lipinski definition) is 1. The lowest BCUT2D eigenvalue weighted by Crippen LogP contribution is -2.04. The van der Waals surface area contributed by atoms with E-state index in [9.17, 15) is 0 Å². The summed E-state index contributed by atoms with van der Waals surface area (Å²) < 4.78 is 3.71. The number of aromatic nitrogens is 2. The zero-order chi connectivity index (χ0) is 10.1. The third kappa shape index (κ3) is 1.87. The molecule has 0 saturated carbocycles. The molecule has 2 rings (SSSR count). The van der Waals surface area contributed by atoms with E-state index < -0.39 is 0 Å². The highest BCUT2D eigenvalue weighted by Crippen LogP contribution is 2.25. The van der Waals surface area contributed by atoms with Gasteiger partial charge in [0.1, 0.15) is 5.82 Å². The van der Waals surface area contributed by atoms with E-state index in [4.69, 9.17) is 5.73 Å². The number of halogens is 2. The molecule has 0 radical (unpaired) electrons. The van der Waals surface area contributed by atoms with Crippen LogP contribution in [0.15, 0.2) is 26.6 Å². The van der Waals surface area contributed by atoms with Crippen LogP contribution in [0.5, 0.6) is 0 Å². The van der Waals surface area contributed by atoms with Gasteiger partial charge < -0.3 is 5.73 Å². The SMILES string of the molecule is Nc1c(Br)cnn1Cc1sccc1Br. The van der Waals surface area contributed by atoms with Crippen LogP contribution in [0.3, 0.4) is 0 Å². The second-order valence-corrected chi connectivity index (χ2v) is 5.44. The van der Waals surface area contributed by atoms with E-state index in [0.29, 0.717) is 12.4 Å². The molecule has 74 valence electrons. The fraction of sp³-hybridized carbons (Fsp3) is 0.125. The van der Waals surface area contributed by atoms with Crippen LogP contribution in [-0.2, 0) is 6.54 Å². The van der Waals surface area contributed by atoms with Crippen LogP contribution in [-0.4, -0.2) is 9.78 Å². The molecule has 3 nitrogen and oxygen atoms in total. The van der Waals surface area contributed by atoms with Gasteiger partial charge in [-0.25, -0.2) is 4.68 Å². The maximum Gasteiger partial charge on any atom is 0.136 e. The normalized spacial score (nSPS) is 10.7. The Kier molecular flexibility index (Phi) is 2.94. The highest BCUT2D eigenvalue weighted by molar-refractivity contribution is 9.11. The summed E-state index contributed by atoms with van der Waals surface area (Å²) in [5, 5.41) is 6.20. The van der Waals surface area contributed by atoms with E-state index in [2.05, 4.69) is 37.0 Å². The Balaban J connectivity index is 2.27. The molecule has 0 aliphatic rings. The van der Waals surface area contributed by atoms with Gasteiger partial charge in [0.05, 0.1) is 17.2 Å². The van der Waals surface area contributed by atoms with Gasteiger partial charge in [-0.3, -0.25) is 0 Å². The van der Waals surface area contributed by atoms with Crippen LogP contribution >= 0.6 is 43.2 Å². The second-order valence-electron chi connectivity index (χ2n) is 2.73. The molecule has 0 aromatic carbocycles. The third-order valence-corrected chi connectivity index (χ3v) is 4.34. The summed E-state index contributed by atoms with van der Waals surface area (Å²) in [4.78, 5) is 1.22. The predicted octanol–water partition coefficient (Wildman–Crippen LogP) is 3.10. The maximum absolute atomic E-state index is 5.81. The molecule has 2 heterocycles. The van der Waals surface area contributed by atoms with Crippen molar-refractivity contribution in [2.24, 2.45) is 0 Å². The van der Waals surface area contributed by atoms with Crippen molar-refractivity contribution in [2.45, 2.75) is 6.54 Å². The summed E-state index contributed by atoms with van der Waals surface area (Å²) >= 11 is 8.48. The smallest absolute Gasteiger partial charge is 0.136 e. The topological polar surface area (TPSA) is 43.8 Å². The molecule has 14 heavy (non-hydrogen) atoms. The second kappa shape index (κ2) is 4.04. The van der Waals surface area contributed by atoms with Gasteiger partial charge in [0.25, 0.3) is 0 Å². The Morgan fingerprint density at radius 1 is 1.43 bits per heavy atom. The molecule has 0 fully saturated rings. The predicted molar refractivity (Wildman–Crippen MR) is 65.5 cm³/mol. The van der Waals surface area contributed by atoms with Gasteiger partial charge in [-0.15, -0.1) is 11.3 Å². The number of hydrogen-bond acceptors (Lipinski definition) is 3. The van der Waals surface area contributed by atoms with Gasteiger partial charge in [-0.2, -0.15) is 5.10 Å². The number of thiophene rings is 1. The van der Waals surface area contributed by atoms with Crippen molar-refractivity contribution in [3.8, 4) is 0 Å². The van der Waals surface area contributed by atoms with Gasteiger partial charge in [0.15, 0.2) is 0 Å². The minimum atomic E-state index is 0.658. The molecule has 2 aromatic rings. The van der Waals surface area contributed by atoms with E-state index in [0.717, 1.165) is 8.95 Å². The van der Waals surface area contributed by atoms with Crippen LogP contribution in [0, 0.1) is 0 Å². The monoisotopic (exact) mass is 335 g/mol. The van der Waals surface area contributed by atoms with Crippen LogP contribution in [0.1, 0.15) is 4.88 Å². The van der Waals surface area contributed by atoms with Crippen LogP contribution in [0.2, 0.25) is 0 Å². The number of nitrogens with zero attached hydrogens (tertiary/aromatic N) is 2. The molecule has 2 N–H and O–H groups in total. The number of nitrogens with two attached hydrogens (primary N) is 1. The zero-order valence-corrected chi connectivity index (χ0v) is 11.1. The summed E-state index contributed by atoms with van der Waals surface area (Å²) in [6.07, 6.45) is 1.71. The summed E-state index contributed by atoms with van der Waals surface area (Å²) in [5.41, 5.74) is 5.81. The van der Waals surface area contributed by atoms with Gasteiger partial charge in [-0.1, -0.05) is 0 Å². The van der Waals surface area contributed by atoms with Gasteiger partial charge in [0, 0.05) is 9.35 Å². The van der Waals surface area contributed by atoms with Crippen LogP contribution < -0.4 is 5.73 Å². The molecular weight excluding hydrogens is 330 g/mol. The number of anilines is 1. The van der Waals surface area contributed by atoms with E-state index >= 15 is 0 Å². The highest BCUT2D eigenvalue weighted by atomic mass is 79.9. The lowest BCUT2D eigenvalue weighted by molar-refractivity contribution is 0.703. The largest absolute Gasteiger partial charge is 0.383 e. The van der Waals surface area contributed by atoms with Crippen molar-refractivity contribution in [3.63, 3.8) is 0 Å². The fourth-order valence-corrected chi connectivity index (χ4v) is 2.83. The van der Waals surface area contributed by atoms with Crippen molar-refractivity contribution in [1.82, 2.24) is 9.78 Å². The Labute approximate surface area is 102 Å². The van der Waals surface area contributed by atoms with E-state index in [1.807, 2.05) is 11.4 Å². The van der Waals surface area contributed by atoms with Gasteiger partial charge in [0.2, 0.25) is 0 Å². The van der Waals surface area contributed by atoms with Crippen molar-refractivity contribution in [3.05, 3.63) is 31.5 Å². The quantitative estimate of drug-likeness (QED) is 0.915. The molecule has 0 aliphatic heterocycles. The Hall–Kier alpha value is -0.330. The molecule has 0 atom stereocenters. The molecule has 0 saturated heterocycles. The first-order valence-corrected chi connectivity index (χ1v) is 6.33. The molecule has 6 heteroatoms. The summed E-state index contributed by atoms with van der Waals surface area (Å²) in [7, 11) is 0. The minimum Gasteiger partial charge on any atom is -0.383 e. The summed E-state index contributed by atoms with van der Waals surface area (Å²) in [6.45, 7) is 0.704. The van der Waals surface area contributed by atoms with Crippen molar-refractivity contribution in [2.75, 3.05) is 5.73 Å². The first-order valence-electron chi connectivity index (χ1n) is 3.87. The lowest BCUT2D eigenvalue weighted by atomic mass is 10.4. The van der Waals surface area contributed by atoms with E-state index in [1.54, 1.807) is 22.2 Å². The van der Waals surface area contributed by atoms with Crippen molar-refractivity contribution >= 4 is 49.0 Å². The molecule has 0 bridgehead atoms. The Morgan fingerprint density at radius 2 is 2.21 bits per heavy atom. The highest BCUT2D eigenvalue weighted by Gasteiger charge is 2.07. The number of nitrogen functional groups attached to an aromatic ring is 1. The molecule has 0 unspecified atom stereocenters. The van der Waals surface area contributed by atoms with Crippen molar-refractivity contribution in [1.29, 1.82) is 0 Å². The first-order chi connectivity index (χ1) is 6.68. The van der Waals surface area contributed by atoms with Gasteiger partial charge >= 0.3 is 0 Å². The van der Waals surface area contributed by atoms with E-state index in [-0.39, 0.29) is 0 Å². The number of rotatable bonds is 2. The van der Waals surface area contributed by atoms with Crippen LogP contribution in [0.25, 0.3) is 0 Å². The first kappa shape index (κ1) is 10.2. The zero-order valence-electron chi connectivity index (χ0n) is 7.08. The Morgan fingerprint density at radius 3 is 2.71 bits per heavy atom. The molecule has 0 amide bonds. The lowest BCUT2D eigenvalue weighted by Gasteiger charge is -2.02. The average molecular weight is 337 g/mol. The Bertz CT molecular complexity index is 449. The standard InChI is InChI=1S/C8H7Br2N3S/c9-5-1-2-14-7(5)4-13-8(11)6(10)3-12-13/h1-3H,4,11H2. The molecule has 0 spiro atoms. The average Bonchev–Trinajstić information content (AvgIpc) is 2.68. The summed E-state index contributed by atoms with van der Waals surface area (Å²) in [6, 6.07) is 2.02. The fourth-order valence-electron chi connectivity index (χ4n) is 1.07. The van der Waals surface area contributed by atoms with Crippen LogP contribution in [0.4, 0.5) is 5.82 Å². The van der Waals surface area contributed by atoms with E-state index in [1.165, 1.54) is 4.88 Å². The minimum absolute atomic E-state index is 0.658.